The number of thioether (sulfide) groups is 1. The van der Waals surface area contributed by atoms with E-state index in [4.69, 9.17) is 5.73 Å². The number of hydrogen-bond donors (Lipinski definition) is 2. The van der Waals surface area contributed by atoms with Gasteiger partial charge >= 0.3 is 0 Å². The van der Waals surface area contributed by atoms with Crippen LogP contribution in [0.5, 0.6) is 0 Å². The van der Waals surface area contributed by atoms with Gasteiger partial charge < -0.3 is 11.1 Å². The second-order valence-electron chi connectivity index (χ2n) is 4.78. The van der Waals surface area contributed by atoms with Crippen molar-refractivity contribution in [3.05, 3.63) is 21.4 Å². The molecule has 1 rings (SSSR count). The molecular formula is C14H20N2OS2. The Labute approximate surface area is 123 Å². The van der Waals surface area contributed by atoms with E-state index >= 15 is 0 Å². The second-order valence-corrected chi connectivity index (χ2v) is 7.34. The number of carbonyl (C=O) groups is 1. The molecule has 5 heteroatoms. The van der Waals surface area contributed by atoms with E-state index in [2.05, 4.69) is 31.0 Å². The average Bonchev–Trinajstić information content (AvgIpc) is 2.75. The first-order chi connectivity index (χ1) is 8.89. The first-order valence-electron chi connectivity index (χ1n) is 6.02. The minimum atomic E-state index is -0.0315. The van der Waals surface area contributed by atoms with Gasteiger partial charge in [0.25, 0.3) is 5.91 Å². The summed E-state index contributed by atoms with van der Waals surface area (Å²) in [5.74, 6) is 5.78. The summed E-state index contributed by atoms with van der Waals surface area (Å²) < 4.78 is 0.0458. The van der Waals surface area contributed by atoms with Crippen LogP contribution in [0.4, 0.5) is 0 Å². The highest BCUT2D eigenvalue weighted by molar-refractivity contribution is 7.99. The summed E-state index contributed by atoms with van der Waals surface area (Å²) in [5.41, 5.74) is 6.38. The molecule has 0 atom stereocenters. The second kappa shape index (κ2) is 6.99. The van der Waals surface area contributed by atoms with E-state index in [9.17, 15) is 4.79 Å². The Morgan fingerprint density at radius 2 is 2.26 bits per heavy atom. The lowest BCUT2D eigenvalue weighted by atomic mass is 10.2. The molecule has 1 heterocycles. The Kier molecular flexibility index (Phi) is 5.92. The van der Waals surface area contributed by atoms with Crippen molar-refractivity contribution in [3.8, 4) is 11.8 Å². The fourth-order valence-electron chi connectivity index (χ4n) is 1.30. The van der Waals surface area contributed by atoms with Crippen molar-refractivity contribution < 1.29 is 4.79 Å². The zero-order valence-electron chi connectivity index (χ0n) is 11.8. The van der Waals surface area contributed by atoms with Crippen molar-refractivity contribution >= 4 is 29.0 Å². The van der Waals surface area contributed by atoms with Crippen LogP contribution < -0.4 is 11.1 Å². The van der Waals surface area contributed by atoms with Crippen LogP contribution in [0.1, 0.15) is 34.0 Å². The molecule has 0 aromatic carbocycles. The Morgan fingerprint density at radius 3 is 2.84 bits per heavy atom. The van der Waals surface area contributed by atoms with Crippen LogP contribution in [0.3, 0.4) is 0 Å². The lowest BCUT2D eigenvalue weighted by molar-refractivity contribution is 0.0955. The molecule has 19 heavy (non-hydrogen) atoms. The summed E-state index contributed by atoms with van der Waals surface area (Å²) >= 11 is 3.15. The number of nitrogens with one attached hydrogen (secondary N) is 1. The summed E-state index contributed by atoms with van der Waals surface area (Å²) in [6, 6.07) is 1.88. The summed E-state index contributed by atoms with van der Waals surface area (Å²) in [4.78, 5) is 13.7. The van der Waals surface area contributed by atoms with Crippen molar-refractivity contribution in [1.29, 1.82) is 0 Å². The molecule has 3 N–H and O–H groups in total. The van der Waals surface area contributed by atoms with Gasteiger partial charge in [0.2, 0.25) is 0 Å². The third kappa shape index (κ3) is 4.90. The number of amides is 1. The average molecular weight is 296 g/mol. The molecule has 0 saturated carbocycles. The monoisotopic (exact) mass is 296 g/mol. The number of hydrogen-bond acceptors (Lipinski definition) is 4. The minimum Gasteiger partial charge on any atom is -0.350 e. The predicted octanol–water partition coefficient (Wildman–Crippen LogP) is 2.24. The van der Waals surface area contributed by atoms with E-state index in [1.54, 1.807) is 11.8 Å². The summed E-state index contributed by atoms with van der Waals surface area (Å²) in [6.45, 7) is 7.15. The van der Waals surface area contributed by atoms with Gasteiger partial charge in [0, 0.05) is 11.3 Å². The van der Waals surface area contributed by atoms with Crippen LogP contribution in [-0.4, -0.2) is 30.0 Å². The van der Waals surface area contributed by atoms with Crippen LogP contribution >= 0.6 is 23.1 Å². The van der Waals surface area contributed by atoms with Gasteiger partial charge in [0.15, 0.2) is 0 Å². The highest BCUT2D eigenvalue weighted by atomic mass is 32.2. The maximum absolute atomic E-state index is 12.1. The van der Waals surface area contributed by atoms with Crippen LogP contribution in [0, 0.1) is 18.8 Å². The van der Waals surface area contributed by atoms with E-state index in [1.807, 2.05) is 19.2 Å². The first-order valence-corrected chi connectivity index (χ1v) is 8.06. The van der Waals surface area contributed by atoms with E-state index in [1.165, 1.54) is 11.3 Å². The molecule has 3 nitrogen and oxygen atoms in total. The number of aryl methyl sites for hydroxylation is 1. The Balaban J connectivity index is 2.73. The van der Waals surface area contributed by atoms with Gasteiger partial charge in [-0.05, 0) is 38.7 Å². The fraction of sp³-hybridized carbons (Fsp3) is 0.500. The normalized spacial score (nSPS) is 10.8. The smallest absolute Gasteiger partial charge is 0.261 e. The molecule has 1 aromatic heterocycles. The van der Waals surface area contributed by atoms with Crippen LogP contribution in [0.2, 0.25) is 0 Å². The zero-order chi connectivity index (χ0) is 14.5. The van der Waals surface area contributed by atoms with Gasteiger partial charge in [0.1, 0.15) is 0 Å². The van der Waals surface area contributed by atoms with Crippen LogP contribution in [0.25, 0.3) is 0 Å². The molecule has 1 aromatic rings. The Bertz CT molecular complexity index is 509. The van der Waals surface area contributed by atoms with Crippen molar-refractivity contribution in [2.75, 3.05) is 19.3 Å². The quantitative estimate of drug-likeness (QED) is 0.838. The third-order valence-electron chi connectivity index (χ3n) is 2.67. The molecule has 0 aliphatic carbocycles. The molecule has 0 spiro atoms. The van der Waals surface area contributed by atoms with E-state index in [0.29, 0.717) is 18.0 Å². The molecule has 0 aliphatic heterocycles. The van der Waals surface area contributed by atoms with Gasteiger partial charge in [0.05, 0.1) is 16.3 Å². The number of nitrogens with two attached hydrogens (primary N) is 1. The SMILES string of the molecule is CSC(C)(C)CNC(=O)c1cc(C)c(C#CCN)s1. The molecule has 0 saturated heterocycles. The minimum absolute atomic E-state index is 0.0315. The van der Waals surface area contributed by atoms with Crippen LogP contribution in [0.15, 0.2) is 6.07 Å². The maximum Gasteiger partial charge on any atom is 0.261 e. The molecule has 0 aliphatic rings. The van der Waals surface area contributed by atoms with E-state index in [-0.39, 0.29) is 10.7 Å². The largest absolute Gasteiger partial charge is 0.350 e. The predicted molar refractivity (Wildman–Crippen MR) is 84.9 cm³/mol. The molecule has 1 amide bonds. The van der Waals surface area contributed by atoms with Crippen molar-refractivity contribution in [1.82, 2.24) is 5.32 Å². The molecule has 104 valence electrons. The lowest BCUT2D eigenvalue weighted by Gasteiger charge is -2.21. The van der Waals surface area contributed by atoms with Crippen molar-refractivity contribution in [3.63, 3.8) is 0 Å². The molecule has 0 bridgehead atoms. The fourth-order valence-corrected chi connectivity index (χ4v) is 2.48. The number of carbonyl (C=O) groups excluding carboxylic acids is 1. The van der Waals surface area contributed by atoms with Gasteiger partial charge in [-0.3, -0.25) is 4.79 Å². The maximum atomic E-state index is 12.1. The highest BCUT2D eigenvalue weighted by Crippen LogP contribution is 2.22. The molecule has 0 fully saturated rings. The summed E-state index contributed by atoms with van der Waals surface area (Å²) in [7, 11) is 0. The third-order valence-corrected chi connectivity index (χ3v) is 5.07. The van der Waals surface area contributed by atoms with Crippen LogP contribution in [-0.2, 0) is 0 Å². The summed E-state index contributed by atoms with van der Waals surface area (Å²) in [6.07, 6.45) is 2.04. The Hall–Kier alpha value is -0.960. The molecular weight excluding hydrogens is 276 g/mol. The number of thiophene rings is 1. The topological polar surface area (TPSA) is 55.1 Å². The van der Waals surface area contributed by atoms with E-state index < -0.39 is 0 Å². The highest BCUT2D eigenvalue weighted by Gasteiger charge is 2.18. The van der Waals surface area contributed by atoms with Crippen molar-refractivity contribution in [2.45, 2.75) is 25.5 Å². The van der Waals surface area contributed by atoms with Gasteiger partial charge in [-0.15, -0.1) is 11.3 Å². The molecule has 0 radical (unpaired) electrons. The molecule has 0 unspecified atom stereocenters. The van der Waals surface area contributed by atoms with Gasteiger partial charge in [-0.2, -0.15) is 11.8 Å². The number of rotatable bonds is 4. The summed E-state index contributed by atoms with van der Waals surface area (Å²) in [5, 5.41) is 2.96. The first kappa shape index (κ1) is 16.1. The van der Waals surface area contributed by atoms with Gasteiger partial charge in [-0.25, -0.2) is 0 Å². The lowest BCUT2D eigenvalue weighted by Crippen LogP contribution is -2.35. The van der Waals surface area contributed by atoms with Gasteiger partial charge in [-0.1, -0.05) is 11.8 Å². The zero-order valence-corrected chi connectivity index (χ0v) is 13.4. The Morgan fingerprint density at radius 1 is 1.58 bits per heavy atom. The van der Waals surface area contributed by atoms with E-state index in [0.717, 1.165) is 10.4 Å². The standard InChI is InChI=1S/C14H20N2OS2/c1-10-8-12(19-11(10)6-5-7-15)13(17)16-9-14(2,3)18-4/h8H,7,9,15H2,1-4H3,(H,16,17). The van der Waals surface area contributed by atoms with Crippen molar-refractivity contribution in [2.24, 2.45) is 5.73 Å².